The molecule has 0 aromatic rings. The normalized spacial score (nSPS) is 22.1. The fourth-order valence-corrected chi connectivity index (χ4v) is 8.77. The van der Waals surface area contributed by atoms with Gasteiger partial charge in [-0.1, -0.05) is 145 Å². The van der Waals surface area contributed by atoms with Crippen LogP contribution in [-0.2, 0) is 0 Å². The second-order valence-corrected chi connectivity index (χ2v) is 16.6. The molecule has 0 amide bonds. The van der Waals surface area contributed by atoms with Crippen LogP contribution in [0.2, 0.25) is 0 Å². The van der Waals surface area contributed by atoms with E-state index >= 15 is 0 Å². The molecular formula is C41H82N6S2. The van der Waals surface area contributed by atoms with Gasteiger partial charge in [0.1, 0.15) is 17.6 Å². The summed E-state index contributed by atoms with van der Waals surface area (Å²) in [5.74, 6) is 3.16. The molecule has 288 valence electrons. The molecular weight excluding hydrogens is 641 g/mol. The van der Waals surface area contributed by atoms with Crippen LogP contribution >= 0.6 is 24.4 Å². The first-order valence-corrected chi connectivity index (χ1v) is 22.1. The van der Waals surface area contributed by atoms with Gasteiger partial charge in [0.2, 0.25) is 0 Å². The predicted octanol–water partition coefficient (Wildman–Crippen LogP) is 10.2. The van der Waals surface area contributed by atoms with Crippen LogP contribution in [-0.4, -0.2) is 64.2 Å². The minimum atomic E-state index is -0.298. The van der Waals surface area contributed by atoms with Crippen molar-refractivity contribution in [3.8, 4) is 0 Å². The van der Waals surface area contributed by atoms with Gasteiger partial charge < -0.3 is 4.90 Å². The third-order valence-electron chi connectivity index (χ3n) is 12.0. The van der Waals surface area contributed by atoms with E-state index in [2.05, 4.69) is 93.4 Å². The maximum atomic E-state index is 6.60. The van der Waals surface area contributed by atoms with E-state index in [1.165, 1.54) is 116 Å². The molecule has 1 saturated carbocycles. The zero-order valence-corrected chi connectivity index (χ0v) is 35.4. The van der Waals surface area contributed by atoms with Crippen molar-refractivity contribution in [2.45, 2.75) is 196 Å². The predicted molar refractivity (Wildman–Crippen MR) is 223 cm³/mol. The summed E-state index contributed by atoms with van der Waals surface area (Å²) in [6, 6.07) is 0. The molecule has 2 aliphatic rings. The maximum absolute atomic E-state index is 6.60. The van der Waals surface area contributed by atoms with Gasteiger partial charge in [0, 0.05) is 26.2 Å². The van der Waals surface area contributed by atoms with Crippen LogP contribution in [0.4, 0.5) is 0 Å². The van der Waals surface area contributed by atoms with Gasteiger partial charge in [0.05, 0.1) is 5.54 Å². The minimum absolute atomic E-state index is 0.0473. The number of rotatable bonds is 31. The van der Waals surface area contributed by atoms with Gasteiger partial charge in [-0.25, -0.2) is 0 Å². The molecule has 0 spiro atoms. The summed E-state index contributed by atoms with van der Waals surface area (Å²) < 4.78 is 0. The average Bonchev–Trinajstić information content (AvgIpc) is 3.95. The molecule has 1 heterocycles. The van der Waals surface area contributed by atoms with Gasteiger partial charge >= 0.3 is 0 Å². The summed E-state index contributed by atoms with van der Waals surface area (Å²) in [5, 5.41) is 17.0. The third-order valence-corrected chi connectivity index (χ3v) is 13.0. The lowest BCUT2D eigenvalue weighted by Crippen LogP contribution is -2.64. The zero-order chi connectivity index (χ0) is 36.2. The lowest BCUT2D eigenvalue weighted by Gasteiger charge is -2.42. The zero-order valence-electron chi connectivity index (χ0n) is 33.8. The molecule has 0 aromatic heterocycles. The van der Waals surface area contributed by atoms with Gasteiger partial charge in [-0.2, -0.15) is 0 Å². The minimum Gasteiger partial charge on any atom is -0.308 e. The Morgan fingerprint density at radius 2 is 0.898 bits per heavy atom. The van der Waals surface area contributed by atoms with Crippen LogP contribution in [0.5, 0.6) is 0 Å². The van der Waals surface area contributed by atoms with Crippen molar-refractivity contribution >= 4 is 34.5 Å². The van der Waals surface area contributed by atoms with Gasteiger partial charge in [-0.05, 0) is 87.3 Å². The monoisotopic (exact) mass is 723 g/mol. The largest absolute Gasteiger partial charge is 0.308 e. The maximum Gasteiger partial charge on any atom is 0.182 e. The van der Waals surface area contributed by atoms with E-state index in [-0.39, 0.29) is 18.1 Å². The highest BCUT2D eigenvalue weighted by atomic mass is 32.1. The Balaban J connectivity index is 2.47. The van der Waals surface area contributed by atoms with Crippen LogP contribution in [0.1, 0.15) is 178 Å². The van der Waals surface area contributed by atoms with Crippen LogP contribution in [0, 0.1) is 29.6 Å². The Morgan fingerprint density at radius 1 is 0.571 bits per heavy atom. The van der Waals surface area contributed by atoms with Gasteiger partial charge in [0.15, 0.2) is 5.11 Å². The van der Waals surface area contributed by atoms with E-state index < -0.39 is 0 Å². The van der Waals surface area contributed by atoms with Gasteiger partial charge in [-0.15, -0.1) is 0 Å². The first kappa shape index (κ1) is 44.8. The van der Waals surface area contributed by atoms with Crippen molar-refractivity contribution < 1.29 is 0 Å². The number of unbranched alkanes of at least 4 members (excludes halogenated alkanes) is 4. The molecule has 2 fully saturated rings. The Labute approximate surface area is 316 Å². The van der Waals surface area contributed by atoms with E-state index in [0.717, 1.165) is 36.3 Å². The second kappa shape index (κ2) is 24.8. The van der Waals surface area contributed by atoms with Crippen molar-refractivity contribution in [1.82, 2.24) is 31.1 Å². The van der Waals surface area contributed by atoms with Crippen molar-refractivity contribution in [3.63, 3.8) is 0 Å². The molecule has 5 atom stereocenters. The highest BCUT2D eigenvalue weighted by Crippen LogP contribution is 2.48. The summed E-state index contributed by atoms with van der Waals surface area (Å²) in [6.45, 7) is 25.0. The van der Waals surface area contributed by atoms with Crippen LogP contribution < -0.4 is 21.3 Å². The number of thiocarbonyl (C=S) groups is 2. The summed E-state index contributed by atoms with van der Waals surface area (Å²) in [5.41, 5.74) is -0.298. The summed E-state index contributed by atoms with van der Waals surface area (Å²) in [4.78, 5) is 5.86. The standard InChI is InChI=1S/C41H82N6S2/c1-10-18-22-32(14-5)28-42-38(43-29-33(15-6)23-19-11-2)46-37(48)41(9,36-26-27-36)47(40(46)49)39(44-30-34(16-7)24-20-12-3)45-31-35(17-8)25-21-13-4/h32-36,38-39,42-45H,10-31H2,1-9H3. The highest BCUT2D eigenvalue weighted by molar-refractivity contribution is 7.82. The molecule has 2 rings (SSSR count). The third kappa shape index (κ3) is 13.8. The second-order valence-electron chi connectivity index (χ2n) is 15.9. The molecule has 0 bridgehead atoms. The first-order chi connectivity index (χ1) is 23.7. The van der Waals surface area contributed by atoms with E-state index in [1.807, 2.05) is 0 Å². The van der Waals surface area contributed by atoms with E-state index in [9.17, 15) is 0 Å². The number of hydrogen-bond donors (Lipinski definition) is 4. The summed E-state index contributed by atoms with van der Waals surface area (Å²) >= 11 is 13.2. The van der Waals surface area contributed by atoms with Crippen molar-refractivity contribution in [3.05, 3.63) is 0 Å². The van der Waals surface area contributed by atoms with Crippen molar-refractivity contribution in [1.29, 1.82) is 0 Å². The fraction of sp³-hybridized carbons (Fsp3) is 0.951. The fourth-order valence-electron chi connectivity index (χ4n) is 7.77. The molecule has 1 saturated heterocycles. The highest BCUT2D eigenvalue weighted by Gasteiger charge is 2.60. The number of hydrogen-bond acceptors (Lipinski definition) is 6. The van der Waals surface area contributed by atoms with Crippen LogP contribution in [0.3, 0.4) is 0 Å². The van der Waals surface area contributed by atoms with Crippen molar-refractivity contribution in [2.24, 2.45) is 29.6 Å². The molecule has 4 N–H and O–H groups in total. The molecule has 0 aromatic carbocycles. The Morgan fingerprint density at radius 3 is 1.18 bits per heavy atom. The molecule has 1 aliphatic heterocycles. The quantitative estimate of drug-likeness (QED) is 0.0417. The van der Waals surface area contributed by atoms with Gasteiger partial charge in [-0.3, -0.25) is 26.2 Å². The Bertz CT molecular complexity index is 859. The summed E-state index contributed by atoms with van der Waals surface area (Å²) in [6.07, 6.45) is 22.3. The molecule has 1 aliphatic carbocycles. The number of nitrogens with zero attached hydrogens (tertiary/aromatic N) is 2. The van der Waals surface area contributed by atoms with E-state index in [4.69, 9.17) is 24.4 Å². The van der Waals surface area contributed by atoms with Crippen LogP contribution in [0.25, 0.3) is 0 Å². The SMILES string of the molecule is CCCCC(CC)CNC(NCC(CC)CCCC)N1C(=S)N(C(NCC(CC)CCCC)NCC(CC)CCCC)C(C)(C2CC2)C1=S. The molecule has 49 heavy (non-hydrogen) atoms. The lowest BCUT2D eigenvalue weighted by molar-refractivity contribution is 0.126. The lowest BCUT2D eigenvalue weighted by atomic mass is 9.94. The topological polar surface area (TPSA) is 54.6 Å². The number of nitrogens with one attached hydrogen (secondary N) is 4. The Hall–Kier alpha value is -0.380. The van der Waals surface area contributed by atoms with Crippen LogP contribution in [0.15, 0.2) is 0 Å². The molecule has 5 unspecified atom stereocenters. The van der Waals surface area contributed by atoms with Crippen molar-refractivity contribution in [2.75, 3.05) is 26.2 Å². The molecule has 6 nitrogen and oxygen atoms in total. The summed E-state index contributed by atoms with van der Waals surface area (Å²) in [7, 11) is 0. The first-order valence-electron chi connectivity index (χ1n) is 21.3. The molecule has 8 heteroatoms. The molecule has 0 radical (unpaired) electrons. The van der Waals surface area contributed by atoms with E-state index in [1.54, 1.807) is 0 Å². The smallest absolute Gasteiger partial charge is 0.182 e. The van der Waals surface area contributed by atoms with E-state index in [0.29, 0.717) is 29.6 Å². The average molecular weight is 723 g/mol. The Kier molecular flexibility index (Phi) is 22.7. The van der Waals surface area contributed by atoms with Gasteiger partial charge in [0.25, 0.3) is 0 Å².